The fourth-order valence-electron chi connectivity index (χ4n) is 8.45. The summed E-state index contributed by atoms with van der Waals surface area (Å²) in [6, 6.07) is 64.2. The van der Waals surface area contributed by atoms with Gasteiger partial charge in [0, 0.05) is 43.7 Å². The molecule has 0 N–H and O–H groups in total. The van der Waals surface area contributed by atoms with Crippen molar-refractivity contribution in [3.05, 3.63) is 181 Å². The first-order valence-corrected chi connectivity index (χ1v) is 17.8. The van der Waals surface area contributed by atoms with Crippen LogP contribution in [0.3, 0.4) is 0 Å². The molecule has 3 heterocycles. The van der Waals surface area contributed by atoms with Crippen LogP contribution in [0.15, 0.2) is 180 Å². The highest BCUT2D eigenvalue weighted by atomic mass is 16.3. The van der Waals surface area contributed by atoms with Gasteiger partial charge in [-0.3, -0.25) is 0 Å². The molecule has 11 aromatic rings. The maximum absolute atomic E-state index is 10.1. The summed E-state index contributed by atoms with van der Waals surface area (Å²) in [5, 5.41) is 17.0. The van der Waals surface area contributed by atoms with E-state index in [0.29, 0.717) is 5.56 Å². The van der Waals surface area contributed by atoms with Crippen molar-refractivity contribution in [1.82, 2.24) is 9.13 Å². The van der Waals surface area contributed by atoms with Crippen LogP contribution in [-0.4, -0.2) is 9.13 Å². The smallest absolute Gasteiger partial charge is 0.145 e. The SMILES string of the molecule is N#Cc1ccc(-c2ccc(-n3c4ccccc4c4c5oc6ccccc6c5ccc43)cc2-n2c3ccccc3c3ccccc32)cc1-c1ccccc1. The fraction of sp³-hybridized carbons (Fsp3) is 0. The molecular weight excluding hydrogens is 647 g/mol. The molecule has 0 fully saturated rings. The molecule has 4 heteroatoms. The van der Waals surface area contributed by atoms with Gasteiger partial charge in [-0.05, 0) is 71.8 Å². The van der Waals surface area contributed by atoms with E-state index in [1.165, 1.54) is 10.8 Å². The van der Waals surface area contributed by atoms with E-state index in [1.54, 1.807) is 0 Å². The second-order valence-electron chi connectivity index (χ2n) is 13.6. The first kappa shape index (κ1) is 29.4. The summed E-state index contributed by atoms with van der Waals surface area (Å²) in [7, 11) is 0. The summed E-state index contributed by atoms with van der Waals surface area (Å²) in [6.07, 6.45) is 0. The number of nitriles is 1. The van der Waals surface area contributed by atoms with Gasteiger partial charge in [0.15, 0.2) is 0 Å². The number of aromatic nitrogens is 2. The van der Waals surface area contributed by atoms with Gasteiger partial charge < -0.3 is 13.6 Å². The molecule has 0 aliphatic carbocycles. The average Bonchev–Trinajstić information content (AvgIpc) is 3.88. The highest BCUT2D eigenvalue weighted by Gasteiger charge is 2.21. The van der Waals surface area contributed by atoms with E-state index in [9.17, 15) is 5.26 Å². The highest BCUT2D eigenvalue weighted by molar-refractivity contribution is 6.24. The van der Waals surface area contributed by atoms with Crippen LogP contribution >= 0.6 is 0 Å². The van der Waals surface area contributed by atoms with Crippen LogP contribution in [0.1, 0.15) is 5.56 Å². The molecule has 3 aromatic heterocycles. The van der Waals surface area contributed by atoms with Gasteiger partial charge in [0.1, 0.15) is 11.2 Å². The van der Waals surface area contributed by atoms with Crippen LogP contribution in [0.4, 0.5) is 0 Å². The zero-order valence-corrected chi connectivity index (χ0v) is 28.5. The monoisotopic (exact) mass is 675 g/mol. The molecular formula is C49H29N3O. The molecule has 246 valence electrons. The molecule has 0 aliphatic heterocycles. The zero-order chi connectivity index (χ0) is 35.0. The molecule has 0 spiro atoms. The summed E-state index contributed by atoms with van der Waals surface area (Å²) in [6.45, 7) is 0. The lowest BCUT2D eigenvalue weighted by molar-refractivity contribution is 0.673. The average molecular weight is 676 g/mol. The van der Waals surface area contributed by atoms with Crippen LogP contribution in [0, 0.1) is 11.3 Å². The first-order valence-electron chi connectivity index (χ1n) is 17.8. The molecule has 4 nitrogen and oxygen atoms in total. The van der Waals surface area contributed by atoms with E-state index in [2.05, 4.69) is 155 Å². The van der Waals surface area contributed by atoms with E-state index in [-0.39, 0.29) is 0 Å². The van der Waals surface area contributed by atoms with E-state index in [1.807, 2.05) is 36.4 Å². The summed E-state index contributed by atoms with van der Waals surface area (Å²) in [5.41, 5.74) is 13.1. The van der Waals surface area contributed by atoms with Gasteiger partial charge >= 0.3 is 0 Å². The fourth-order valence-corrected chi connectivity index (χ4v) is 8.45. The van der Waals surface area contributed by atoms with E-state index in [4.69, 9.17) is 4.42 Å². The Labute approximate surface area is 304 Å². The van der Waals surface area contributed by atoms with Crippen LogP contribution in [0.2, 0.25) is 0 Å². The van der Waals surface area contributed by atoms with Gasteiger partial charge in [-0.2, -0.15) is 5.26 Å². The summed E-state index contributed by atoms with van der Waals surface area (Å²) < 4.78 is 11.4. The Hall–Kier alpha value is -7.35. The predicted molar refractivity (Wildman–Crippen MR) is 218 cm³/mol. The molecule has 0 bridgehead atoms. The van der Waals surface area contributed by atoms with Crippen LogP contribution in [0.5, 0.6) is 0 Å². The van der Waals surface area contributed by atoms with Gasteiger partial charge in [0.05, 0.1) is 44.8 Å². The second kappa shape index (κ2) is 11.3. The molecule has 53 heavy (non-hydrogen) atoms. The van der Waals surface area contributed by atoms with Crippen LogP contribution in [-0.2, 0) is 0 Å². The lowest BCUT2D eigenvalue weighted by Gasteiger charge is -2.18. The molecule has 0 atom stereocenters. The Bertz CT molecular complexity index is 3250. The zero-order valence-electron chi connectivity index (χ0n) is 28.5. The summed E-state index contributed by atoms with van der Waals surface area (Å²) in [5.74, 6) is 0. The normalized spacial score (nSPS) is 11.8. The number of fused-ring (bicyclic) bond motifs is 10. The Kier molecular flexibility index (Phi) is 6.28. The molecule has 0 amide bonds. The lowest BCUT2D eigenvalue weighted by Crippen LogP contribution is -2.01. The number of benzene rings is 8. The number of furan rings is 1. The summed E-state index contributed by atoms with van der Waals surface area (Å²) in [4.78, 5) is 0. The van der Waals surface area contributed by atoms with Crippen LogP contribution in [0.25, 0.3) is 99.2 Å². The van der Waals surface area contributed by atoms with Gasteiger partial charge in [-0.1, -0.05) is 115 Å². The van der Waals surface area contributed by atoms with Crippen LogP contribution < -0.4 is 0 Å². The third-order valence-corrected chi connectivity index (χ3v) is 10.8. The maximum atomic E-state index is 10.1. The molecule has 0 aliphatic rings. The van der Waals surface area contributed by atoms with Crippen molar-refractivity contribution in [1.29, 1.82) is 5.26 Å². The quantitative estimate of drug-likeness (QED) is 0.186. The van der Waals surface area contributed by atoms with Crippen molar-refractivity contribution in [3.63, 3.8) is 0 Å². The number of nitrogens with zero attached hydrogens (tertiary/aromatic N) is 3. The predicted octanol–water partition coefficient (Wildman–Crippen LogP) is 13.0. The molecule has 0 saturated carbocycles. The number of para-hydroxylation sites is 4. The van der Waals surface area contributed by atoms with E-state index >= 15 is 0 Å². The van der Waals surface area contributed by atoms with Gasteiger partial charge in [-0.25, -0.2) is 0 Å². The third kappa shape index (κ3) is 4.29. The largest absolute Gasteiger partial charge is 0.455 e. The first-order chi connectivity index (χ1) is 26.3. The molecule has 0 radical (unpaired) electrons. The number of hydrogen-bond donors (Lipinski definition) is 0. The van der Waals surface area contributed by atoms with Gasteiger partial charge in [0.2, 0.25) is 0 Å². The molecule has 0 saturated heterocycles. The minimum Gasteiger partial charge on any atom is -0.455 e. The van der Waals surface area contributed by atoms with Gasteiger partial charge in [-0.15, -0.1) is 0 Å². The maximum Gasteiger partial charge on any atom is 0.145 e. The van der Waals surface area contributed by atoms with Crippen molar-refractivity contribution >= 4 is 65.6 Å². The van der Waals surface area contributed by atoms with Gasteiger partial charge in [0.25, 0.3) is 0 Å². The summed E-state index contributed by atoms with van der Waals surface area (Å²) >= 11 is 0. The number of hydrogen-bond acceptors (Lipinski definition) is 2. The van der Waals surface area contributed by atoms with Crippen molar-refractivity contribution in [2.75, 3.05) is 0 Å². The van der Waals surface area contributed by atoms with Crippen molar-refractivity contribution in [3.8, 4) is 39.7 Å². The van der Waals surface area contributed by atoms with E-state index < -0.39 is 0 Å². The highest BCUT2D eigenvalue weighted by Crippen LogP contribution is 2.43. The molecule has 0 unspecified atom stereocenters. The Balaban J connectivity index is 1.24. The Morgan fingerprint density at radius 1 is 0.434 bits per heavy atom. The molecule has 11 rings (SSSR count). The minimum atomic E-state index is 0.650. The van der Waals surface area contributed by atoms with Crippen molar-refractivity contribution in [2.24, 2.45) is 0 Å². The molecule has 8 aromatic carbocycles. The topological polar surface area (TPSA) is 46.8 Å². The van der Waals surface area contributed by atoms with Crippen molar-refractivity contribution < 1.29 is 4.42 Å². The Morgan fingerprint density at radius 2 is 1.08 bits per heavy atom. The van der Waals surface area contributed by atoms with E-state index in [0.717, 1.165) is 88.4 Å². The Morgan fingerprint density at radius 3 is 1.81 bits per heavy atom. The standard InChI is InChI=1S/C49H29N3O/c50-30-33-23-22-32(28-41(33)31-12-2-1-3-13-31)35-25-24-34(29-46(35)52-42-18-8-4-14-36(42)37-15-5-9-19-43(37)52)51-44-20-10-6-17-40(44)48-45(51)27-26-39-38-16-7-11-21-47(38)53-49(39)48/h1-29H. The second-order valence-corrected chi connectivity index (χ2v) is 13.6. The number of rotatable bonds is 4. The third-order valence-electron chi connectivity index (χ3n) is 10.8. The van der Waals surface area contributed by atoms with Crippen molar-refractivity contribution in [2.45, 2.75) is 0 Å². The minimum absolute atomic E-state index is 0.650. The lowest BCUT2D eigenvalue weighted by atomic mass is 9.94.